The monoisotopic (exact) mass is 187 g/mol. The molecule has 0 amide bonds. The van der Waals surface area contributed by atoms with Crippen LogP contribution in [0.3, 0.4) is 0 Å². The highest BCUT2D eigenvalue weighted by molar-refractivity contribution is 5.26. The van der Waals surface area contributed by atoms with Crippen LogP contribution in [-0.4, -0.2) is 6.04 Å². The molecule has 2 N–H and O–H groups in total. The average Bonchev–Trinajstić information content (AvgIpc) is 2.18. The van der Waals surface area contributed by atoms with Gasteiger partial charge in [0.1, 0.15) is 0 Å². The number of hydrogen-bond donors (Lipinski definition) is 1. The van der Waals surface area contributed by atoms with Gasteiger partial charge in [-0.05, 0) is 30.9 Å². The second kappa shape index (κ2) is 5.47. The van der Waals surface area contributed by atoms with Gasteiger partial charge in [0.2, 0.25) is 0 Å². The van der Waals surface area contributed by atoms with Crippen LogP contribution >= 0.6 is 0 Å². The van der Waals surface area contributed by atoms with Crippen LogP contribution in [0.1, 0.15) is 24.0 Å². The van der Waals surface area contributed by atoms with Gasteiger partial charge in [0.25, 0.3) is 0 Å². The third-order valence-electron chi connectivity index (χ3n) is 2.40. The van der Waals surface area contributed by atoms with Crippen molar-refractivity contribution in [2.75, 3.05) is 0 Å². The highest BCUT2D eigenvalue weighted by atomic mass is 14.6. The van der Waals surface area contributed by atoms with Crippen molar-refractivity contribution in [3.8, 4) is 12.3 Å². The summed E-state index contributed by atoms with van der Waals surface area (Å²) >= 11 is 0. The summed E-state index contributed by atoms with van der Waals surface area (Å²) < 4.78 is 0. The molecule has 0 fully saturated rings. The summed E-state index contributed by atoms with van der Waals surface area (Å²) in [5, 5.41) is 0. The van der Waals surface area contributed by atoms with Crippen LogP contribution in [0.4, 0.5) is 0 Å². The number of nitrogens with two attached hydrogens (primary N) is 1. The molecule has 14 heavy (non-hydrogen) atoms. The van der Waals surface area contributed by atoms with Crippen LogP contribution in [0.25, 0.3) is 0 Å². The lowest BCUT2D eigenvalue weighted by atomic mass is 9.99. The Balaban J connectivity index is 2.52. The minimum absolute atomic E-state index is 0.187. The number of aryl methyl sites for hydroxylation is 1. The quantitative estimate of drug-likeness (QED) is 0.719. The van der Waals surface area contributed by atoms with Gasteiger partial charge in [-0.2, -0.15) is 0 Å². The first kappa shape index (κ1) is 10.8. The molecule has 1 rings (SSSR count). The summed E-state index contributed by atoms with van der Waals surface area (Å²) in [5.41, 5.74) is 8.60. The molecule has 1 heteroatoms. The molecule has 0 bridgehead atoms. The van der Waals surface area contributed by atoms with Crippen LogP contribution < -0.4 is 5.73 Å². The highest BCUT2D eigenvalue weighted by Gasteiger charge is 2.04. The van der Waals surface area contributed by atoms with Gasteiger partial charge in [-0.3, -0.25) is 0 Å². The molecule has 1 aromatic carbocycles. The van der Waals surface area contributed by atoms with Gasteiger partial charge in [-0.15, -0.1) is 12.3 Å². The third-order valence-corrected chi connectivity index (χ3v) is 2.40. The van der Waals surface area contributed by atoms with Crippen molar-refractivity contribution in [3.05, 3.63) is 35.4 Å². The van der Waals surface area contributed by atoms with Gasteiger partial charge in [0, 0.05) is 12.5 Å². The standard InChI is InChI=1S/C13H17N/c1-3-4-9-13(14)10-12-8-6-5-7-11(12)2/h1,5-8,13H,4,9-10,14H2,2H3. The Hall–Kier alpha value is -1.26. The molecule has 1 aromatic rings. The van der Waals surface area contributed by atoms with E-state index in [1.54, 1.807) is 0 Å². The van der Waals surface area contributed by atoms with E-state index >= 15 is 0 Å². The predicted octanol–water partition coefficient (Wildman–Crippen LogP) is 2.28. The van der Waals surface area contributed by atoms with Crippen LogP contribution in [0.15, 0.2) is 24.3 Å². The fraction of sp³-hybridized carbons (Fsp3) is 0.385. The van der Waals surface area contributed by atoms with Gasteiger partial charge >= 0.3 is 0 Å². The SMILES string of the molecule is C#CCCC(N)Cc1ccccc1C. The topological polar surface area (TPSA) is 26.0 Å². The first-order valence-corrected chi connectivity index (χ1v) is 4.97. The molecule has 0 aromatic heterocycles. The fourth-order valence-corrected chi connectivity index (χ4v) is 1.49. The van der Waals surface area contributed by atoms with E-state index in [-0.39, 0.29) is 6.04 Å². The lowest BCUT2D eigenvalue weighted by molar-refractivity contribution is 0.621. The molecular formula is C13H17N. The van der Waals surface area contributed by atoms with E-state index < -0.39 is 0 Å². The maximum atomic E-state index is 5.97. The van der Waals surface area contributed by atoms with Crippen LogP contribution in [0.2, 0.25) is 0 Å². The molecule has 74 valence electrons. The maximum absolute atomic E-state index is 5.97. The zero-order chi connectivity index (χ0) is 10.4. The summed E-state index contributed by atoms with van der Waals surface area (Å²) in [6.45, 7) is 2.11. The highest BCUT2D eigenvalue weighted by Crippen LogP contribution is 2.10. The molecule has 0 saturated heterocycles. The van der Waals surface area contributed by atoms with Gasteiger partial charge in [-0.25, -0.2) is 0 Å². The van der Waals surface area contributed by atoms with Crippen molar-refractivity contribution in [3.63, 3.8) is 0 Å². The summed E-state index contributed by atoms with van der Waals surface area (Å²) in [6.07, 6.45) is 7.80. The molecule has 0 aliphatic rings. The Morgan fingerprint density at radius 2 is 2.14 bits per heavy atom. The first-order valence-electron chi connectivity index (χ1n) is 4.97. The molecule has 0 aliphatic heterocycles. The Morgan fingerprint density at radius 3 is 2.79 bits per heavy atom. The minimum Gasteiger partial charge on any atom is -0.327 e. The minimum atomic E-state index is 0.187. The van der Waals surface area contributed by atoms with Crippen LogP contribution in [0.5, 0.6) is 0 Å². The van der Waals surface area contributed by atoms with E-state index in [1.165, 1.54) is 11.1 Å². The molecule has 0 aliphatic carbocycles. The van der Waals surface area contributed by atoms with Crippen molar-refractivity contribution < 1.29 is 0 Å². The fourth-order valence-electron chi connectivity index (χ4n) is 1.49. The number of benzene rings is 1. The molecule has 1 unspecified atom stereocenters. The Morgan fingerprint density at radius 1 is 1.43 bits per heavy atom. The molecule has 1 atom stereocenters. The molecular weight excluding hydrogens is 170 g/mol. The predicted molar refractivity (Wildman–Crippen MR) is 60.9 cm³/mol. The Labute approximate surface area is 86.3 Å². The lowest BCUT2D eigenvalue weighted by Gasteiger charge is -2.11. The third kappa shape index (κ3) is 3.24. The van der Waals surface area contributed by atoms with Crippen LogP contribution in [-0.2, 0) is 6.42 Å². The molecule has 0 radical (unpaired) electrons. The molecule has 1 nitrogen and oxygen atoms in total. The zero-order valence-electron chi connectivity index (χ0n) is 8.66. The zero-order valence-corrected chi connectivity index (χ0v) is 8.66. The number of rotatable bonds is 4. The van der Waals surface area contributed by atoms with Gasteiger partial charge in [0.15, 0.2) is 0 Å². The van der Waals surface area contributed by atoms with E-state index in [4.69, 9.17) is 12.2 Å². The van der Waals surface area contributed by atoms with Crippen molar-refractivity contribution in [2.24, 2.45) is 5.73 Å². The van der Waals surface area contributed by atoms with Gasteiger partial charge < -0.3 is 5.73 Å². The molecule has 0 spiro atoms. The van der Waals surface area contributed by atoms with Crippen molar-refractivity contribution in [1.82, 2.24) is 0 Å². The first-order chi connectivity index (χ1) is 6.74. The van der Waals surface area contributed by atoms with Gasteiger partial charge in [-0.1, -0.05) is 24.3 Å². The smallest absolute Gasteiger partial charge is 0.0101 e. The Bertz CT molecular complexity index is 322. The molecule has 0 saturated carbocycles. The summed E-state index contributed by atoms with van der Waals surface area (Å²) in [5.74, 6) is 2.62. The Kier molecular flexibility index (Phi) is 4.22. The number of terminal acetylenes is 1. The van der Waals surface area contributed by atoms with Crippen molar-refractivity contribution in [1.29, 1.82) is 0 Å². The second-order valence-electron chi connectivity index (χ2n) is 3.63. The van der Waals surface area contributed by atoms with E-state index in [0.717, 1.165) is 19.3 Å². The van der Waals surface area contributed by atoms with Gasteiger partial charge in [0.05, 0.1) is 0 Å². The van der Waals surface area contributed by atoms with E-state index in [0.29, 0.717) is 0 Å². The largest absolute Gasteiger partial charge is 0.327 e. The molecule has 0 heterocycles. The summed E-state index contributed by atoms with van der Waals surface area (Å²) in [6, 6.07) is 8.53. The summed E-state index contributed by atoms with van der Waals surface area (Å²) in [7, 11) is 0. The van der Waals surface area contributed by atoms with Crippen molar-refractivity contribution >= 4 is 0 Å². The van der Waals surface area contributed by atoms with Crippen molar-refractivity contribution in [2.45, 2.75) is 32.2 Å². The number of hydrogen-bond acceptors (Lipinski definition) is 1. The normalized spacial score (nSPS) is 12.1. The summed E-state index contributed by atoms with van der Waals surface area (Å²) in [4.78, 5) is 0. The van der Waals surface area contributed by atoms with E-state index in [2.05, 4.69) is 31.0 Å². The maximum Gasteiger partial charge on any atom is 0.0101 e. The lowest BCUT2D eigenvalue weighted by Crippen LogP contribution is -2.22. The van der Waals surface area contributed by atoms with E-state index in [9.17, 15) is 0 Å². The van der Waals surface area contributed by atoms with Crippen LogP contribution in [0, 0.1) is 19.3 Å². The van der Waals surface area contributed by atoms with E-state index in [1.807, 2.05) is 6.07 Å². The second-order valence-corrected chi connectivity index (χ2v) is 3.63. The average molecular weight is 187 g/mol.